The van der Waals surface area contributed by atoms with Gasteiger partial charge in [0.1, 0.15) is 6.07 Å². The zero-order valence-electron chi connectivity index (χ0n) is 13.9. The summed E-state index contributed by atoms with van der Waals surface area (Å²) in [6, 6.07) is 7.36. The Balaban J connectivity index is 2.10. The van der Waals surface area contributed by atoms with Crippen LogP contribution in [0.25, 0.3) is 22.2 Å². The van der Waals surface area contributed by atoms with E-state index in [9.17, 15) is 18.4 Å². The first-order chi connectivity index (χ1) is 12.3. The number of nitrogens with one attached hydrogen (secondary N) is 1. The molecule has 0 aliphatic heterocycles. The molecule has 0 spiro atoms. The summed E-state index contributed by atoms with van der Waals surface area (Å²) < 4.78 is 41.7. The number of aromatic nitrogens is 3. The van der Waals surface area contributed by atoms with Crippen molar-refractivity contribution >= 4 is 24.1 Å². The van der Waals surface area contributed by atoms with Crippen LogP contribution in [-0.4, -0.2) is 41.1 Å². The third kappa shape index (κ3) is 3.63. The van der Waals surface area contributed by atoms with Gasteiger partial charge in [0.05, 0.1) is 23.0 Å². The van der Waals surface area contributed by atoms with Crippen molar-refractivity contribution in [2.24, 2.45) is 0 Å². The lowest BCUT2D eigenvalue weighted by atomic mass is 10.1. The molecule has 5 nitrogen and oxygen atoms in total. The third-order valence-electron chi connectivity index (χ3n) is 3.68. The van der Waals surface area contributed by atoms with Gasteiger partial charge in [0.2, 0.25) is 0 Å². The van der Waals surface area contributed by atoms with E-state index in [1.807, 2.05) is 24.3 Å². The number of rotatable bonds is 4. The Morgan fingerprint density at radius 2 is 2.08 bits per heavy atom. The van der Waals surface area contributed by atoms with Gasteiger partial charge in [0.15, 0.2) is 6.61 Å². The summed E-state index contributed by atoms with van der Waals surface area (Å²) in [5.41, 5.74) is 1.94. The molecule has 0 saturated heterocycles. The lowest BCUT2D eigenvalue weighted by Crippen LogP contribution is -2.20. The fourth-order valence-electron chi connectivity index (χ4n) is 2.58. The minimum atomic E-state index is -4.49. The molecule has 0 unspecified atom stereocenters. The summed E-state index contributed by atoms with van der Waals surface area (Å²) in [5, 5.41) is 11.3. The van der Waals surface area contributed by atoms with Gasteiger partial charge in [-0.3, -0.25) is 0 Å². The van der Waals surface area contributed by atoms with Gasteiger partial charge in [-0.25, -0.2) is 4.98 Å². The Bertz CT molecular complexity index is 992. The summed E-state index contributed by atoms with van der Waals surface area (Å²) in [6.07, 6.45) is -1.63. The average Bonchev–Trinajstić information content (AvgIpc) is 3.02. The Labute approximate surface area is 148 Å². The molecule has 1 aromatic carbocycles. The number of alkyl halides is 3. The number of para-hydroxylation sites is 1. The minimum absolute atomic E-state index is 0.158. The second kappa shape index (κ2) is 6.93. The van der Waals surface area contributed by atoms with E-state index in [0.29, 0.717) is 5.56 Å². The molecule has 3 aromatic rings. The van der Waals surface area contributed by atoms with E-state index in [0.717, 1.165) is 16.2 Å². The predicted octanol–water partition coefficient (Wildman–Crippen LogP) is 3.80. The highest BCUT2D eigenvalue weighted by atomic mass is 31.1. The number of hydrogen-bond donors (Lipinski definition) is 1. The highest BCUT2D eigenvalue weighted by Crippen LogP contribution is 2.34. The quantitative estimate of drug-likeness (QED) is 0.701. The minimum Gasteiger partial charge on any atom is -0.454 e. The van der Waals surface area contributed by atoms with Crippen molar-refractivity contribution in [2.45, 2.75) is 6.18 Å². The Hall–Kier alpha value is -2.65. The Kier molecular flexibility index (Phi) is 4.84. The normalized spacial score (nSPS) is 11.7. The van der Waals surface area contributed by atoms with Crippen LogP contribution in [0.3, 0.4) is 0 Å². The van der Waals surface area contributed by atoms with Crippen molar-refractivity contribution < 1.29 is 17.9 Å². The van der Waals surface area contributed by atoms with Crippen molar-refractivity contribution in [3.05, 3.63) is 36.2 Å². The fourth-order valence-corrected chi connectivity index (χ4v) is 3.59. The van der Waals surface area contributed by atoms with Crippen molar-refractivity contribution in [1.29, 1.82) is 5.26 Å². The van der Waals surface area contributed by atoms with E-state index in [1.54, 1.807) is 6.20 Å². The maximum absolute atomic E-state index is 12.4. The van der Waals surface area contributed by atoms with Crippen LogP contribution in [0.1, 0.15) is 5.56 Å². The zero-order chi connectivity index (χ0) is 18.9. The van der Waals surface area contributed by atoms with Gasteiger partial charge >= 0.3 is 12.2 Å². The number of ether oxygens (including phenoxy) is 1. The molecular formula is C17H14F3N4OP. The molecule has 134 valence electrons. The topological polar surface area (TPSA) is 74.6 Å². The number of benzene rings is 1. The number of H-pyrrole nitrogens is 1. The molecule has 26 heavy (non-hydrogen) atoms. The van der Waals surface area contributed by atoms with E-state index in [1.165, 1.54) is 6.20 Å². The summed E-state index contributed by atoms with van der Waals surface area (Å²) in [7, 11) is -0.366. The summed E-state index contributed by atoms with van der Waals surface area (Å²) in [4.78, 5) is 10.9. The van der Waals surface area contributed by atoms with Crippen molar-refractivity contribution in [2.75, 3.05) is 19.9 Å². The molecule has 9 heteroatoms. The molecule has 0 radical (unpaired) electrons. The molecule has 0 aliphatic carbocycles. The third-order valence-corrected chi connectivity index (χ3v) is 5.02. The largest absolute Gasteiger partial charge is 0.454 e. The molecule has 0 bridgehead atoms. The highest BCUT2D eigenvalue weighted by Gasteiger charge is 2.29. The molecule has 0 aliphatic rings. The second-order valence-electron chi connectivity index (χ2n) is 5.73. The maximum atomic E-state index is 12.4. The van der Waals surface area contributed by atoms with Crippen LogP contribution in [0.15, 0.2) is 30.6 Å². The highest BCUT2D eigenvalue weighted by molar-refractivity contribution is 7.64. The van der Waals surface area contributed by atoms with Gasteiger partial charge in [-0.2, -0.15) is 23.4 Å². The Morgan fingerprint density at radius 3 is 2.73 bits per heavy atom. The lowest BCUT2D eigenvalue weighted by Gasteiger charge is -2.10. The SMILES string of the molecule is CP(C)c1cccc2c(-c3nc(OCC(F)(F)F)ncc3C#N)c[nH]c12. The number of fused-ring (bicyclic) bond motifs is 1. The van der Waals surface area contributed by atoms with Crippen molar-refractivity contribution in [1.82, 2.24) is 15.0 Å². The molecule has 0 saturated carbocycles. The lowest BCUT2D eigenvalue weighted by molar-refractivity contribution is -0.154. The van der Waals surface area contributed by atoms with E-state index in [2.05, 4.69) is 33.0 Å². The van der Waals surface area contributed by atoms with E-state index in [-0.39, 0.29) is 19.2 Å². The van der Waals surface area contributed by atoms with Gasteiger partial charge in [0.25, 0.3) is 0 Å². The number of hydrogen-bond acceptors (Lipinski definition) is 4. The molecular weight excluding hydrogens is 364 g/mol. The van der Waals surface area contributed by atoms with Gasteiger partial charge in [-0.05, 0) is 18.6 Å². The van der Waals surface area contributed by atoms with E-state index < -0.39 is 18.8 Å². The van der Waals surface area contributed by atoms with Gasteiger partial charge < -0.3 is 9.72 Å². The molecule has 1 N–H and O–H groups in total. The predicted molar refractivity (Wildman–Crippen MR) is 94.0 cm³/mol. The first-order valence-electron chi connectivity index (χ1n) is 7.54. The molecule has 0 amide bonds. The number of nitriles is 1. The number of aromatic amines is 1. The molecule has 2 heterocycles. The summed E-state index contributed by atoms with van der Waals surface area (Å²) in [6.45, 7) is 2.75. The maximum Gasteiger partial charge on any atom is 0.422 e. The van der Waals surface area contributed by atoms with E-state index in [4.69, 9.17) is 0 Å². The zero-order valence-corrected chi connectivity index (χ0v) is 14.8. The fraction of sp³-hybridized carbons (Fsp3) is 0.235. The number of nitrogens with zero attached hydrogens (tertiary/aromatic N) is 3. The monoisotopic (exact) mass is 378 g/mol. The van der Waals surface area contributed by atoms with Crippen LogP contribution in [0.2, 0.25) is 0 Å². The molecule has 3 rings (SSSR count). The molecule has 0 atom stereocenters. The van der Waals surface area contributed by atoms with Crippen LogP contribution in [0, 0.1) is 11.3 Å². The molecule has 2 aromatic heterocycles. The standard InChI is InChI=1S/C17H14F3N4OP/c1-26(2)13-5-3-4-11-12(8-22-15(11)13)14-10(6-21)7-23-16(24-14)25-9-17(18,19)20/h3-5,7-8,22H,9H2,1-2H3. The van der Waals surface area contributed by atoms with Crippen LogP contribution >= 0.6 is 7.92 Å². The van der Waals surface area contributed by atoms with Gasteiger partial charge in [-0.15, -0.1) is 0 Å². The van der Waals surface area contributed by atoms with Crippen LogP contribution in [0.5, 0.6) is 6.01 Å². The summed E-state index contributed by atoms with van der Waals surface area (Å²) >= 11 is 0. The molecule has 0 fully saturated rings. The first kappa shape index (κ1) is 18.2. The van der Waals surface area contributed by atoms with Gasteiger partial charge in [-0.1, -0.05) is 26.1 Å². The van der Waals surface area contributed by atoms with Crippen LogP contribution in [-0.2, 0) is 0 Å². The van der Waals surface area contributed by atoms with Crippen molar-refractivity contribution in [3.63, 3.8) is 0 Å². The van der Waals surface area contributed by atoms with Crippen molar-refractivity contribution in [3.8, 4) is 23.3 Å². The Morgan fingerprint density at radius 1 is 1.31 bits per heavy atom. The van der Waals surface area contributed by atoms with E-state index >= 15 is 0 Å². The van der Waals surface area contributed by atoms with Crippen LogP contribution in [0.4, 0.5) is 13.2 Å². The smallest absolute Gasteiger partial charge is 0.422 e. The first-order valence-corrected chi connectivity index (χ1v) is 9.78. The number of halogens is 3. The average molecular weight is 378 g/mol. The summed E-state index contributed by atoms with van der Waals surface area (Å²) in [5.74, 6) is 0. The van der Waals surface area contributed by atoms with Gasteiger partial charge in [0, 0.05) is 17.1 Å². The van der Waals surface area contributed by atoms with Crippen LogP contribution < -0.4 is 10.0 Å². The second-order valence-corrected chi connectivity index (χ2v) is 8.00.